The highest BCUT2D eigenvalue weighted by Gasteiger charge is 2.29. The average molecular weight is 286 g/mol. The van der Waals surface area contributed by atoms with Gasteiger partial charge in [0.2, 0.25) is 0 Å². The van der Waals surface area contributed by atoms with Crippen molar-refractivity contribution in [2.24, 2.45) is 5.92 Å². The molecule has 5 heteroatoms. The van der Waals surface area contributed by atoms with E-state index in [1.165, 1.54) is 0 Å². The zero-order valence-electron chi connectivity index (χ0n) is 13.6. The Morgan fingerprint density at radius 3 is 2.60 bits per heavy atom. The van der Waals surface area contributed by atoms with Gasteiger partial charge in [-0.2, -0.15) is 0 Å². The topological polar surface area (TPSA) is 53.0 Å². The predicted molar refractivity (Wildman–Crippen MR) is 79.7 cm³/mol. The summed E-state index contributed by atoms with van der Waals surface area (Å²) in [6, 6.07) is 0.136. The van der Waals surface area contributed by atoms with Crippen LogP contribution in [0, 0.1) is 5.92 Å². The molecule has 1 amide bonds. The van der Waals surface area contributed by atoms with Gasteiger partial charge in [-0.3, -0.25) is 0 Å². The van der Waals surface area contributed by atoms with Gasteiger partial charge in [0.05, 0.1) is 6.61 Å². The molecule has 0 aromatic carbocycles. The lowest BCUT2D eigenvalue weighted by atomic mass is 10.1. The number of hydrogen-bond acceptors (Lipinski definition) is 4. The van der Waals surface area contributed by atoms with Gasteiger partial charge < -0.3 is 19.6 Å². The third kappa shape index (κ3) is 5.67. The first-order chi connectivity index (χ1) is 9.23. The Morgan fingerprint density at radius 1 is 1.45 bits per heavy atom. The number of amides is 1. The van der Waals surface area contributed by atoms with Gasteiger partial charge in [0, 0.05) is 25.7 Å². The molecule has 1 aliphatic rings. The van der Waals surface area contributed by atoms with Gasteiger partial charge in [0.25, 0.3) is 0 Å². The minimum Gasteiger partial charge on any atom is -0.444 e. The standard InChI is InChI=1S/C15H30N2O3/c1-12(2)17(14(19)20-15(3,4)5)11-13-6-7-16(10-13)8-9-18/h12-13,18H,6-11H2,1-5H3. The quantitative estimate of drug-likeness (QED) is 0.839. The lowest BCUT2D eigenvalue weighted by Crippen LogP contribution is -2.44. The van der Waals surface area contributed by atoms with Crippen LogP contribution in [0.5, 0.6) is 0 Å². The number of nitrogens with zero attached hydrogens (tertiary/aromatic N) is 2. The molecule has 0 bridgehead atoms. The first-order valence-electron chi connectivity index (χ1n) is 7.55. The molecule has 0 aliphatic carbocycles. The minimum atomic E-state index is -0.456. The van der Waals surface area contributed by atoms with Crippen LogP contribution in [-0.4, -0.2) is 65.4 Å². The van der Waals surface area contributed by atoms with Crippen LogP contribution in [0.15, 0.2) is 0 Å². The van der Waals surface area contributed by atoms with Gasteiger partial charge >= 0.3 is 6.09 Å². The number of carbonyl (C=O) groups excluding carboxylic acids is 1. The van der Waals surface area contributed by atoms with Crippen molar-refractivity contribution in [1.82, 2.24) is 9.80 Å². The highest BCUT2D eigenvalue weighted by molar-refractivity contribution is 5.68. The van der Waals surface area contributed by atoms with Crippen molar-refractivity contribution >= 4 is 6.09 Å². The van der Waals surface area contributed by atoms with Gasteiger partial charge in [-0.15, -0.1) is 0 Å². The maximum Gasteiger partial charge on any atom is 0.410 e. The van der Waals surface area contributed by atoms with Crippen molar-refractivity contribution in [3.8, 4) is 0 Å². The van der Waals surface area contributed by atoms with Crippen LogP contribution in [0.25, 0.3) is 0 Å². The molecule has 1 saturated heterocycles. The Balaban J connectivity index is 2.54. The van der Waals surface area contributed by atoms with E-state index in [0.717, 1.165) is 32.6 Å². The van der Waals surface area contributed by atoms with Crippen LogP contribution < -0.4 is 0 Å². The third-order valence-corrected chi connectivity index (χ3v) is 3.49. The second-order valence-electron chi connectivity index (χ2n) is 6.91. The molecule has 20 heavy (non-hydrogen) atoms. The molecule has 0 saturated carbocycles. The molecule has 1 unspecified atom stereocenters. The van der Waals surface area contributed by atoms with E-state index >= 15 is 0 Å². The third-order valence-electron chi connectivity index (χ3n) is 3.49. The molecule has 1 fully saturated rings. The van der Waals surface area contributed by atoms with Crippen LogP contribution in [0.2, 0.25) is 0 Å². The molecule has 1 rings (SSSR count). The lowest BCUT2D eigenvalue weighted by molar-refractivity contribution is 0.0158. The van der Waals surface area contributed by atoms with Gasteiger partial charge in [0.1, 0.15) is 5.60 Å². The molecule has 0 spiro atoms. The first kappa shape index (κ1) is 17.2. The van der Waals surface area contributed by atoms with Crippen molar-refractivity contribution in [3.05, 3.63) is 0 Å². The number of rotatable bonds is 5. The number of aliphatic hydroxyl groups is 1. The van der Waals surface area contributed by atoms with Crippen LogP contribution in [-0.2, 0) is 4.74 Å². The molecule has 1 aliphatic heterocycles. The summed E-state index contributed by atoms with van der Waals surface area (Å²) in [4.78, 5) is 16.3. The normalized spacial score (nSPS) is 20.4. The molecular formula is C15H30N2O3. The van der Waals surface area contributed by atoms with Crippen molar-refractivity contribution in [3.63, 3.8) is 0 Å². The van der Waals surface area contributed by atoms with E-state index in [4.69, 9.17) is 9.84 Å². The molecule has 1 heterocycles. The molecule has 1 N–H and O–H groups in total. The maximum atomic E-state index is 12.2. The first-order valence-corrected chi connectivity index (χ1v) is 7.55. The minimum absolute atomic E-state index is 0.136. The molecular weight excluding hydrogens is 256 g/mol. The number of likely N-dealkylation sites (tertiary alicyclic amines) is 1. The smallest absolute Gasteiger partial charge is 0.410 e. The van der Waals surface area contributed by atoms with Crippen LogP contribution >= 0.6 is 0 Å². The Bertz CT molecular complexity index is 313. The summed E-state index contributed by atoms with van der Waals surface area (Å²) in [5, 5.41) is 8.97. The molecule has 118 valence electrons. The fraction of sp³-hybridized carbons (Fsp3) is 0.933. The summed E-state index contributed by atoms with van der Waals surface area (Å²) in [5.74, 6) is 0.469. The van der Waals surface area contributed by atoms with Crippen LogP contribution in [0.1, 0.15) is 41.0 Å². The molecule has 0 aromatic heterocycles. The number of aliphatic hydroxyl groups excluding tert-OH is 1. The van der Waals surface area contributed by atoms with Gasteiger partial charge in [0.15, 0.2) is 0 Å². The van der Waals surface area contributed by atoms with Crippen LogP contribution in [0.4, 0.5) is 4.79 Å². The van der Waals surface area contributed by atoms with Gasteiger partial charge in [-0.25, -0.2) is 4.79 Å². The molecule has 1 atom stereocenters. The van der Waals surface area contributed by atoms with Crippen molar-refractivity contribution in [2.75, 3.05) is 32.8 Å². The van der Waals surface area contributed by atoms with E-state index in [9.17, 15) is 4.79 Å². The summed E-state index contributed by atoms with van der Waals surface area (Å²) in [6.07, 6.45) is 0.847. The number of β-amino-alcohol motifs (C(OH)–C–C–N with tert-alkyl or cyclic N) is 1. The zero-order valence-corrected chi connectivity index (χ0v) is 13.6. The largest absolute Gasteiger partial charge is 0.444 e. The van der Waals surface area contributed by atoms with Crippen molar-refractivity contribution < 1.29 is 14.6 Å². The molecule has 5 nitrogen and oxygen atoms in total. The van der Waals surface area contributed by atoms with E-state index in [2.05, 4.69) is 4.90 Å². The Hall–Kier alpha value is -0.810. The highest BCUT2D eigenvalue weighted by Crippen LogP contribution is 2.20. The Morgan fingerprint density at radius 2 is 2.10 bits per heavy atom. The summed E-state index contributed by atoms with van der Waals surface area (Å²) in [7, 11) is 0. The average Bonchev–Trinajstić information content (AvgIpc) is 2.71. The highest BCUT2D eigenvalue weighted by atomic mass is 16.6. The monoisotopic (exact) mass is 286 g/mol. The summed E-state index contributed by atoms with van der Waals surface area (Å²) >= 11 is 0. The fourth-order valence-electron chi connectivity index (χ4n) is 2.50. The van der Waals surface area contributed by atoms with E-state index in [-0.39, 0.29) is 18.7 Å². The summed E-state index contributed by atoms with van der Waals surface area (Å²) in [5.41, 5.74) is -0.456. The van der Waals surface area contributed by atoms with E-state index in [0.29, 0.717) is 5.92 Å². The second kappa shape index (κ2) is 7.27. The van der Waals surface area contributed by atoms with E-state index in [1.807, 2.05) is 39.5 Å². The predicted octanol–water partition coefficient (Wildman–Crippen LogP) is 1.95. The SMILES string of the molecule is CC(C)N(CC1CCN(CCO)C1)C(=O)OC(C)(C)C. The fourth-order valence-corrected chi connectivity index (χ4v) is 2.50. The number of carbonyl (C=O) groups is 1. The van der Waals surface area contributed by atoms with E-state index in [1.54, 1.807) is 0 Å². The van der Waals surface area contributed by atoms with E-state index < -0.39 is 5.60 Å². The van der Waals surface area contributed by atoms with Crippen LogP contribution in [0.3, 0.4) is 0 Å². The van der Waals surface area contributed by atoms with Gasteiger partial charge in [-0.1, -0.05) is 0 Å². The Kier molecular flexibility index (Phi) is 6.27. The lowest BCUT2D eigenvalue weighted by Gasteiger charge is -2.32. The Labute approximate surface area is 122 Å². The van der Waals surface area contributed by atoms with Gasteiger partial charge in [-0.05, 0) is 53.5 Å². The molecule has 0 radical (unpaired) electrons. The molecule has 0 aromatic rings. The summed E-state index contributed by atoms with van der Waals surface area (Å²) in [6.45, 7) is 13.3. The number of ether oxygens (including phenoxy) is 1. The summed E-state index contributed by atoms with van der Waals surface area (Å²) < 4.78 is 5.48. The maximum absolute atomic E-state index is 12.2. The zero-order chi connectivity index (χ0) is 15.3. The number of hydrogen-bond donors (Lipinski definition) is 1. The van der Waals surface area contributed by atoms with Crippen molar-refractivity contribution in [1.29, 1.82) is 0 Å². The van der Waals surface area contributed by atoms with Crippen molar-refractivity contribution in [2.45, 2.75) is 52.7 Å². The second-order valence-corrected chi connectivity index (χ2v) is 6.91.